The van der Waals surface area contributed by atoms with Crippen LogP contribution in [0.25, 0.3) is 11.1 Å². The highest BCUT2D eigenvalue weighted by molar-refractivity contribution is 7.80. The number of carbonyl (C=O) groups excluding carboxylic acids is 1. The first-order chi connectivity index (χ1) is 16.7. The molecular formula is C28H29N3O3S. The van der Waals surface area contributed by atoms with E-state index < -0.39 is 12.0 Å². The number of carbonyl (C=O) groups is 2. The van der Waals surface area contributed by atoms with E-state index in [9.17, 15) is 14.7 Å². The van der Waals surface area contributed by atoms with Gasteiger partial charge < -0.3 is 15.7 Å². The Morgan fingerprint density at radius 1 is 1.09 bits per heavy atom. The number of amides is 1. The van der Waals surface area contributed by atoms with Gasteiger partial charge in [0.1, 0.15) is 6.04 Å². The lowest BCUT2D eigenvalue weighted by Crippen LogP contribution is -2.42. The number of nitrogens with zero attached hydrogens (tertiary/aromatic N) is 2. The predicted molar refractivity (Wildman–Crippen MR) is 143 cm³/mol. The third-order valence-electron chi connectivity index (χ3n) is 6.51. The second-order valence-electron chi connectivity index (χ2n) is 8.89. The van der Waals surface area contributed by atoms with Crippen molar-refractivity contribution in [1.82, 2.24) is 4.90 Å². The van der Waals surface area contributed by atoms with Gasteiger partial charge in [-0.2, -0.15) is 0 Å². The molecule has 0 saturated heterocycles. The molecule has 3 N–H and O–H groups in total. The summed E-state index contributed by atoms with van der Waals surface area (Å²) in [6.07, 6.45) is 1.11. The highest BCUT2D eigenvalue weighted by atomic mass is 32.1. The zero-order valence-corrected chi connectivity index (χ0v) is 20.9. The van der Waals surface area contributed by atoms with Gasteiger partial charge in [-0.1, -0.05) is 49.7 Å². The summed E-state index contributed by atoms with van der Waals surface area (Å²) in [5, 5.41) is 9.95. The monoisotopic (exact) mass is 487 g/mol. The summed E-state index contributed by atoms with van der Waals surface area (Å²) in [4.78, 5) is 28.4. The molecule has 2 atom stereocenters. The minimum absolute atomic E-state index is 0.231. The molecule has 1 aliphatic rings. The summed E-state index contributed by atoms with van der Waals surface area (Å²) in [6.45, 7) is 5.83. The second kappa shape index (κ2) is 9.88. The lowest BCUT2D eigenvalue weighted by molar-refractivity contribution is -0.143. The van der Waals surface area contributed by atoms with Gasteiger partial charge in [-0.05, 0) is 85.1 Å². The van der Waals surface area contributed by atoms with Crippen molar-refractivity contribution >= 4 is 40.6 Å². The Labute approximate surface area is 211 Å². The summed E-state index contributed by atoms with van der Waals surface area (Å²) >= 11 is 5.32. The Morgan fingerprint density at radius 3 is 2.37 bits per heavy atom. The number of aliphatic carboxylic acids is 1. The van der Waals surface area contributed by atoms with Gasteiger partial charge in [0.15, 0.2) is 5.11 Å². The fourth-order valence-corrected chi connectivity index (χ4v) is 5.00. The Bertz CT molecular complexity index is 1290. The van der Waals surface area contributed by atoms with Crippen molar-refractivity contribution in [3.8, 4) is 11.1 Å². The van der Waals surface area contributed by atoms with E-state index in [4.69, 9.17) is 18.0 Å². The molecule has 0 saturated carbocycles. The molecule has 1 aliphatic heterocycles. The average molecular weight is 488 g/mol. The van der Waals surface area contributed by atoms with Gasteiger partial charge in [0, 0.05) is 16.9 Å². The zero-order chi connectivity index (χ0) is 25.3. The van der Waals surface area contributed by atoms with Crippen LogP contribution >= 0.6 is 12.2 Å². The SMILES string of the molecule is CCCC(C(=O)O)N1C(=O)c2cc(-c3ccc(N(C(N)=S)c4cccc(C)c4)cc3)ccc2[C@@H]1C. The Hall–Kier alpha value is -3.71. The number of carboxylic acids is 1. The van der Waals surface area contributed by atoms with Crippen LogP contribution in [0.5, 0.6) is 0 Å². The number of hydrogen-bond donors (Lipinski definition) is 2. The molecule has 7 heteroatoms. The molecular weight excluding hydrogens is 458 g/mol. The van der Waals surface area contributed by atoms with E-state index in [1.807, 2.05) is 92.4 Å². The first kappa shape index (κ1) is 24.4. The van der Waals surface area contributed by atoms with E-state index in [1.165, 1.54) is 4.90 Å². The van der Waals surface area contributed by atoms with E-state index >= 15 is 0 Å². The van der Waals surface area contributed by atoms with Gasteiger partial charge in [0.25, 0.3) is 5.91 Å². The highest BCUT2D eigenvalue weighted by Gasteiger charge is 2.40. The predicted octanol–water partition coefficient (Wildman–Crippen LogP) is 5.81. The van der Waals surface area contributed by atoms with E-state index in [-0.39, 0.29) is 17.1 Å². The number of fused-ring (bicyclic) bond motifs is 1. The third-order valence-corrected chi connectivity index (χ3v) is 6.69. The number of thiocarbonyl (C=S) groups is 1. The first-order valence-corrected chi connectivity index (χ1v) is 12.1. The lowest BCUT2D eigenvalue weighted by atomic mass is 9.98. The van der Waals surface area contributed by atoms with Crippen molar-refractivity contribution in [3.63, 3.8) is 0 Å². The Morgan fingerprint density at radius 2 is 1.77 bits per heavy atom. The van der Waals surface area contributed by atoms with Crippen LogP contribution < -0.4 is 10.6 Å². The normalized spacial score (nSPS) is 15.6. The maximum absolute atomic E-state index is 13.2. The summed E-state index contributed by atoms with van der Waals surface area (Å²) in [5.41, 5.74) is 12.1. The van der Waals surface area contributed by atoms with Crippen LogP contribution in [-0.4, -0.2) is 33.0 Å². The number of anilines is 2. The second-order valence-corrected chi connectivity index (χ2v) is 9.31. The number of nitrogens with two attached hydrogens (primary N) is 1. The van der Waals surface area contributed by atoms with Gasteiger partial charge in [-0.3, -0.25) is 9.69 Å². The minimum atomic E-state index is -0.966. The molecule has 0 bridgehead atoms. The van der Waals surface area contributed by atoms with Crippen molar-refractivity contribution in [2.75, 3.05) is 4.90 Å². The Balaban J connectivity index is 1.64. The number of carboxylic acid groups (broad SMARTS) is 1. The van der Waals surface area contributed by atoms with Gasteiger partial charge in [-0.25, -0.2) is 4.79 Å². The van der Waals surface area contributed by atoms with Gasteiger partial charge in [-0.15, -0.1) is 0 Å². The van der Waals surface area contributed by atoms with Crippen LogP contribution in [0.4, 0.5) is 11.4 Å². The number of aryl methyl sites for hydroxylation is 1. The van der Waals surface area contributed by atoms with Crippen molar-refractivity contribution in [2.45, 2.75) is 45.7 Å². The maximum Gasteiger partial charge on any atom is 0.326 e. The van der Waals surface area contributed by atoms with Gasteiger partial charge in [0.2, 0.25) is 0 Å². The van der Waals surface area contributed by atoms with Crippen LogP contribution in [0.3, 0.4) is 0 Å². The smallest absolute Gasteiger partial charge is 0.326 e. The number of rotatable bonds is 7. The summed E-state index contributed by atoms with van der Waals surface area (Å²) in [6, 6.07) is 20.4. The molecule has 3 aromatic carbocycles. The molecule has 3 aromatic rings. The molecule has 0 fully saturated rings. The van der Waals surface area contributed by atoms with E-state index in [0.717, 1.165) is 33.6 Å². The Kier molecular flexibility index (Phi) is 6.89. The maximum atomic E-state index is 13.2. The van der Waals surface area contributed by atoms with E-state index in [2.05, 4.69) is 0 Å². The summed E-state index contributed by atoms with van der Waals surface area (Å²) in [7, 11) is 0. The van der Waals surface area contributed by atoms with Crippen LogP contribution in [0.2, 0.25) is 0 Å². The van der Waals surface area contributed by atoms with Crippen LogP contribution in [0.1, 0.15) is 54.2 Å². The third kappa shape index (κ3) is 4.64. The van der Waals surface area contributed by atoms with Crippen molar-refractivity contribution in [1.29, 1.82) is 0 Å². The standard InChI is InChI=1S/C28H29N3O3S/c1-4-6-25(27(33)34)30-18(3)23-14-11-20(16-24(23)26(30)32)19-9-12-21(13-10-19)31(28(29)35)22-8-5-7-17(2)15-22/h5,7-16,18,25H,4,6H2,1-3H3,(H2,29,35)(H,33,34)/t18-,25?/m0/s1. The molecule has 4 rings (SSSR count). The molecule has 6 nitrogen and oxygen atoms in total. The molecule has 0 aromatic heterocycles. The summed E-state index contributed by atoms with van der Waals surface area (Å²) in [5.74, 6) is -1.20. The molecule has 1 unspecified atom stereocenters. The fourth-order valence-electron chi connectivity index (χ4n) is 4.79. The minimum Gasteiger partial charge on any atom is -0.480 e. The first-order valence-electron chi connectivity index (χ1n) is 11.7. The lowest BCUT2D eigenvalue weighted by Gasteiger charge is -2.28. The van der Waals surface area contributed by atoms with Crippen LogP contribution in [0.15, 0.2) is 66.7 Å². The van der Waals surface area contributed by atoms with Crippen molar-refractivity contribution < 1.29 is 14.7 Å². The van der Waals surface area contributed by atoms with Crippen molar-refractivity contribution in [3.05, 3.63) is 83.4 Å². The summed E-state index contributed by atoms with van der Waals surface area (Å²) < 4.78 is 0. The molecule has 1 amide bonds. The quantitative estimate of drug-likeness (QED) is 0.409. The molecule has 35 heavy (non-hydrogen) atoms. The van der Waals surface area contributed by atoms with E-state index in [0.29, 0.717) is 18.4 Å². The molecule has 180 valence electrons. The molecule has 0 spiro atoms. The van der Waals surface area contributed by atoms with Gasteiger partial charge in [0.05, 0.1) is 6.04 Å². The van der Waals surface area contributed by atoms with E-state index in [1.54, 1.807) is 0 Å². The zero-order valence-electron chi connectivity index (χ0n) is 20.1. The molecule has 0 radical (unpaired) electrons. The molecule has 1 heterocycles. The topological polar surface area (TPSA) is 86.9 Å². The number of hydrogen-bond acceptors (Lipinski definition) is 3. The highest BCUT2D eigenvalue weighted by Crippen LogP contribution is 2.38. The van der Waals surface area contributed by atoms with Crippen molar-refractivity contribution in [2.24, 2.45) is 5.73 Å². The van der Waals surface area contributed by atoms with Crippen LogP contribution in [0, 0.1) is 6.92 Å². The van der Waals surface area contributed by atoms with Crippen LogP contribution in [-0.2, 0) is 4.79 Å². The average Bonchev–Trinajstić information content (AvgIpc) is 3.07. The number of benzene rings is 3. The largest absolute Gasteiger partial charge is 0.480 e. The van der Waals surface area contributed by atoms with Gasteiger partial charge >= 0.3 is 5.97 Å². The fraction of sp³-hybridized carbons (Fsp3) is 0.250. The molecule has 0 aliphatic carbocycles.